The van der Waals surface area contributed by atoms with Gasteiger partial charge in [-0.3, -0.25) is 0 Å². The molecule has 0 aliphatic carbocycles. The van der Waals surface area contributed by atoms with Crippen LogP contribution in [0.25, 0.3) is 11.4 Å². The van der Waals surface area contributed by atoms with Crippen LogP contribution in [-0.4, -0.2) is 16.7 Å². The van der Waals surface area contributed by atoms with Crippen molar-refractivity contribution in [3.05, 3.63) is 140 Å². The fourth-order valence-corrected chi connectivity index (χ4v) is 6.18. The second-order valence-electron chi connectivity index (χ2n) is 9.89. The van der Waals surface area contributed by atoms with Gasteiger partial charge in [0.2, 0.25) is 0 Å². The largest absolute Gasteiger partial charge is 0.311 e. The third-order valence-corrected chi connectivity index (χ3v) is 7.75. The number of rotatable bonds is 3. The standard InChI is InChI=1S/C34H23BN4/c1-3-11-25(12-4-1)38-29-16-8-7-15-27(29)35-28-20-19-24(34-36-21-10-22-37-34)23-32(28)39(26-13-5-2-6-14-26)31-18-9-17-30(38)33(31)35/h1-23H. The van der Waals surface area contributed by atoms with Crippen LogP contribution in [0.2, 0.25) is 0 Å². The molecule has 0 atom stereocenters. The smallest absolute Gasteiger partial charge is 0.252 e. The zero-order valence-corrected chi connectivity index (χ0v) is 21.1. The van der Waals surface area contributed by atoms with Crippen LogP contribution in [0, 0.1) is 0 Å². The molecule has 2 aliphatic rings. The van der Waals surface area contributed by atoms with Gasteiger partial charge in [-0.2, -0.15) is 0 Å². The monoisotopic (exact) mass is 498 g/mol. The third-order valence-electron chi connectivity index (χ3n) is 7.75. The van der Waals surface area contributed by atoms with Crippen molar-refractivity contribution in [3.63, 3.8) is 0 Å². The van der Waals surface area contributed by atoms with E-state index in [0.717, 1.165) is 28.5 Å². The van der Waals surface area contributed by atoms with Crippen molar-refractivity contribution in [1.29, 1.82) is 0 Å². The Morgan fingerprint density at radius 1 is 0.462 bits per heavy atom. The quantitative estimate of drug-likeness (QED) is 0.271. The second-order valence-corrected chi connectivity index (χ2v) is 9.89. The van der Waals surface area contributed by atoms with Gasteiger partial charge in [-0.05, 0) is 71.0 Å². The van der Waals surface area contributed by atoms with Crippen LogP contribution >= 0.6 is 0 Å². The molecule has 1 aromatic heterocycles. The predicted molar refractivity (Wildman–Crippen MR) is 161 cm³/mol. The Morgan fingerprint density at radius 3 is 1.72 bits per heavy atom. The summed E-state index contributed by atoms with van der Waals surface area (Å²) in [6.45, 7) is 0.105. The molecule has 6 aromatic rings. The fourth-order valence-electron chi connectivity index (χ4n) is 6.18. The highest BCUT2D eigenvalue weighted by atomic mass is 15.2. The molecule has 0 spiro atoms. The van der Waals surface area contributed by atoms with Crippen molar-refractivity contribution in [2.45, 2.75) is 0 Å². The number of aromatic nitrogens is 2. The first-order chi connectivity index (χ1) is 19.4. The highest BCUT2D eigenvalue weighted by Gasteiger charge is 2.42. The van der Waals surface area contributed by atoms with E-state index in [-0.39, 0.29) is 6.71 Å². The maximum atomic E-state index is 4.55. The minimum Gasteiger partial charge on any atom is -0.311 e. The number of hydrogen-bond donors (Lipinski definition) is 0. The summed E-state index contributed by atoms with van der Waals surface area (Å²) in [6, 6.07) is 45.4. The summed E-state index contributed by atoms with van der Waals surface area (Å²) in [5, 5.41) is 0. The van der Waals surface area contributed by atoms with Gasteiger partial charge in [0.25, 0.3) is 6.71 Å². The van der Waals surface area contributed by atoms with E-state index in [9.17, 15) is 0 Å². The third kappa shape index (κ3) is 3.33. The SMILES string of the molecule is c1ccc(N2c3ccccc3B3c4ccc(-c5ncccn5)cc4N(c4ccccc4)c4cccc2c43)cc1. The first kappa shape index (κ1) is 21.9. The van der Waals surface area contributed by atoms with E-state index in [1.807, 2.05) is 6.07 Å². The molecule has 3 heterocycles. The molecule has 182 valence electrons. The van der Waals surface area contributed by atoms with E-state index < -0.39 is 0 Å². The van der Waals surface area contributed by atoms with Crippen molar-refractivity contribution >= 4 is 57.2 Å². The molecule has 0 radical (unpaired) electrons. The zero-order chi connectivity index (χ0) is 25.8. The van der Waals surface area contributed by atoms with Gasteiger partial charge < -0.3 is 9.80 Å². The molecule has 0 unspecified atom stereocenters. The average Bonchev–Trinajstić information content (AvgIpc) is 3.02. The summed E-state index contributed by atoms with van der Waals surface area (Å²) in [5.41, 5.74) is 12.0. The summed E-state index contributed by atoms with van der Waals surface area (Å²) < 4.78 is 0. The Kier molecular flexibility index (Phi) is 4.89. The van der Waals surface area contributed by atoms with E-state index in [1.165, 1.54) is 33.5 Å². The van der Waals surface area contributed by atoms with Gasteiger partial charge in [0.1, 0.15) is 0 Å². The van der Waals surface area contributed by atoms with Crippen LogP contribution < -0.4 is 26.2 Å². The maximum absolute atomic E-state index is 4.55. The molecule has 5 heteroatoms. The van der Waals surface area contributed by atoms with Gasteiger partial charge in [0.05, 0.1) is 0 Å². The number of para-hydroxylation sites is 3. The minimum atomic E-state index is 0.105. The molecule has 0 fully saturated rings. The number of benzene rings is 5. The Bertz CT molecular complexity index is 1820. The highest BCUT2D eigenvalue weighted by Crippen LogP contribution is 2.43. The van der Waals surface area contributed by atoms with Gasteiger partial charge in [-0.1, -0.05) is 72.8 Å². The normalized spacial score (nSPS) is 13.0. The van der Waals surface area contributed by atoms with Crippen LogP contribution in [-0.2, 0) is 0 Å². The molecule has 2 aliphatic heterocycles. The Balaban J connectivity index is 1.44. The predicted octanol–water partition coefficient (Wildman–Crippen LogP) is 6.23. The summed E-state index contributed by atoms with van der Waals surface area (Å²) >= 11 is 0. The van der Waals surface area contributed by atoms with E-state index in [4.69, 9.17) is 0 Å². The van der Waals surface area contributed by atoms with Crippen LogP contribution in [0.3, 0.4) is 0 Å². The van der Waals surface area contributed by atoms with E-state index in [1.54, 1.807) is 12.4 Å². The van der Waals surface area contributed by atoms with Crippen LogP contribution in [0.5, 0.6) is 0 Å². The molecule has 8 rings (SSSR count). The van der Waals surface area contributed by atoms with Gasteiger partial charge in [0.15, 0.2) is 5.82 Å². The van der Waals surface area contributed by atoms with Gasteiger partial charge in [-0.15, -0.1) is 0 Å². The molecule has 5 aromatic carbocycles. The van der Waals surface area contributed by atoms with E-state index in [2.05, 4.69) is 141 Å². The van der Waals surface area contributed by atoms with Crippen molar-refractivity contribution in [3.8, 4) is 11.4 Å². The lowest BCUT2D eigenvalue weighted by Gasteiger charge is -2.44. The number of hydrogen-bond acceptors (Lipinski definition) is 4. The highest BCUT2D eigenvalue weighted by molar-refractivity contribution is 7.00. The molecule has 39 heavy (non-hydrogen) atoms. The molecule has 0 N–H and O–H groups in total. The molecular formula is C34H23BN4. The topological polar surface area (TPSA) is 32.3 Å². The maximum Gasteiger partial charge on any atom is 0.252 e. The molecule has 0 saturated carbocycles. The van der Waals surface area contributed by atoms with Gasteiger partial charge in [0, 0.05) is 52.1 Å². The van der Waals surface area contributed by atoms with Crippen LogP contribution in [0.1, 0.15) is 0 Å². The number of nitrogens with zero attached hydrogens (tertiary/aromatic N) is 4. The summed E-state index contributed by atoms with van der Waals surface area (Å²) in [7, 11) is 0. The number of anilines is 6. The van der Waals surface area contributed by atoms with E-state index >= 15 is 0 Å². The molecule has 4 nitrogen and oxygen atoms in total. The van der Waals surface area contributed by atoms with E-state index in [0.29, 0.717) is 0 Å². The Morgan fingerprint density at radius 2 is 1.03 bits per heavy atom. The summed E-state index contributed by atoms with van der Waals surface area (Å²) in [4.78, 5) is 13.9. The molecule has 0 amide bonds. The lowest BCUT2D eigenvalue weighted by molar-refractivity contribution is 1.17. The van der Waals surface area contributed by atoms with Crippen molar-refractivity contribution in [1.82, 2.24) is 9.97 Å². The summed E-state index contributed by atoms with van der Waals surface area (Å²) in [6.07, 6.45) is 3.60. The summed E-state index contributed by atoms with van der Waals surface area (Å²) in [5.74, 6) is 0.729. The number of fused-ring (bicyclic) bond motifs is 4. The first-order valence-electron chi connectivity index (χ1n) is 13.2. The fraction of sp³-hybridized carbons (Fsp3) is 0. The Labute approximate surface area is 227 Å². The first-order valence-corrected chi connectivity index (χ1v) is 13.2. The van der Waals surface area contributed by atoms with Crippen LogP contribution in [0.4, 0.5) is 34.1 Å². The molecular weight excluding hydrogens is 475 g/mol. The van der Waals surface area contributed by atoms with Crippen LogP contribution in [0.15, 0.2) is 140 Å². The van der Waals surface area contributed by atoms with Crippen molar-refractivity contribution in [2.24, 2.45) is 0 Å². The Hall–Kier alpha value is -5.16. The minimum absolute atomic E-state index is 0.105. The lowest BCUT2D eigenvalue weighted by Crippen LogP contribution is -2.61. The van der Waals surface area contributed by atoms with Gasteiger partial charge >= 0.3 is 0 Å². The lowest BCUT2D eigenvalue weighted by atomic mass is 9.33. The zero-order valence-electron chi connectivity index (χ0n) is 21.1. The van der Waals surface area contributed by atoms with Crippen molar-refractivity contribution in [2.75, 3.05) is 9.80 Å². The molecule has 0 saturated heterocycles. The molecule has 0 bridgehead atoms. The van der Waals surface area contributed by atoms with Gasteiger partial charge in [-0.25, -0.2) is 9.97 Å². The average molecular weight is 498 g/mol. The van der Waals surface area contributed by atoms with Crippen molar-refractivity contribution < 1.29 is 0 Å². The second kappa shape index (κ2) is 8.71.